The number of hydrogen-bond acceptors (Lipinski definition) is 1. The van der Waals surface area contributed by atoms with Crippen LogP contribution in [0.1, 0.15) is 16.7 Å². The molecule has 0 heterocycles. The van der Waals surface area contributed by atoms with Crippen LogP contribution in [0.3, 0.4) is 0 Å². The zero-order valence-electron chi connectivity index (χ0n) is 9.93. The summed E-state index contributed by atoms with van der Waals surface area (Å²) in [6.45, 7) is 3.68. The highest BCUT2D eigenvalue weighted by Gasteiger charge is 2.41. The lowest BCUT2D eigenvalue weighted by Crippen LogP contribution is -2.38. The SMILES string of the molecule is Cc1ccc(CN(C)C(=O)C(F)(F)F)c(C)c1. The van der Waals surface area contributed by atoms with Gasteiger partial charge in [-0.05, 0) is 25.0 Å². The minimum atomic E-state index is -4.81. The Morgan fingerprint density at radius 2 is 1.88 bits per heavy atom. The second-order valence-electron chi connectivity index (χ2n) is 4.09. The molecule has 1 aromatic rings. The number of hydrogen-bond donors (Lipinski definition) is 0. The predicted octanol–water partition coefficient (Wildman–Crippen LogP) is 2.82. The summed E-state index contributed by atoms with van der Waals surface area (Å²) in [7, 11) is 1.15. The molecule has 0 aliphatic rings. The summed E-state index contributed by atoms with van der Waals surface area (Å²) in [5.74, 6) is -1.82. The van der Waals surface area contributed by atoms with E-state index in [4.69, 9.17) is 0 Å². The molecule has 94 valence electrons. The third kappa shape index (κ3) is 3.47. The van der Waals surface area contributed by atoms with Gasteiger partial charge >= 0.3 is 12.1 Å². The molecule has 1 amide bonds. The molecular weight excluding hydrogens is 231 g/mol. The molecule has 0 saturated carbocycles. The van der Waals surface area contributed by atoms with Crippen LogP contribution in [0.4, 0.5) is 13.2 Å². The van der Waals surface area contributed by atoms with Crippen LogP contribution in [-0.4, -0.2) is 24.0 Å². The van der Waals surface area contributed by atoms with Crippen molar-refractivity contribution in [2.45, 2.75) is 26.6 Å². The average Bonchev–Trinajstić information content (AvgIpc) is 2.19. The topological polar surface area (TPSA) is 20.3 Å². The summed E-state index contributed by atoms with van der Waals surface area (Å²) in [4.78, 5) is 11.6. The number of halogens is 3. The van der Waals surface area contributed by atoms with Gasteiger partial charge < -0.3 is 4.90 Å². The first-order valence-corrected chi connectivity index (χ1v) is 5.10. The van der Waals surface area contributed by atoms with E-state index in [2.05, 4.69) is 0 Å². The predicted molar refractivity (Wildman–Crippen MR) is 58.4 cm³/mol. The Labute approximate surface area is 98.0 Å². The van der Waals surface area contributed by atoms with Crippen molar-refractivity contribution in [3.05, 3.63) is 34.9 Å². The lowest BCUT2D eigenvalue weighted by molar-refractivity contribution is -0.184. The normalized spacial score (nSPS) is 11.4. The fraction of sp³-hybridized carbons (Fsp3) is 0.417. The average molecular weight is 245 g/mol. The number of rotatable bonds is 2. The smallest absolute Gasteiger partial charge is 0.334 e. The first-order valence-electron chi connectivity index (χ1n) is 5.10. The van der Waals surface area contributed by atoms with E-state index in [9.17, 15) is 18.0 Å². The zero-order valence-corrected chi connectivity index (χ0v) is 9.93. The van der Waals surface area contributed by atoms with E-state index in [1.165, 1.54) is 0 Å². The number of aryl methyl sites for hydroxylation is 2. The Balaban J connectivity index is 2.81. The van der Waals surface area contributed by atoms with E-state index in [0.29, 0.717) is 4.90 Å². The molecule has 0 aliphatic heterocycles. The first-order chi connectivity index (χ1) is 7.71. The summed E-state index contributed by atoms with van der Waals surface area (Å²) in [6.07, 6.45) is -4.81. The van der Waals surface area contributed by atoms with E-state index in [1.807, 2.05) is 26.0 Å². The number of carbonyl (C=O) groups is 1. The molecule has 0 atom stereocenters. The largest absolute Gasteiger partial charge is 0.471 e. The van der Waals surface area contributed by atoms with E-state index >= 15 is 0 Å². The molecule has 0 aliphatic carbocycles. The fourth-order valence-corrected chi connectivity index (χ4v) is 1.57. The maximum Gasteiger partial charge on any atom is 0.471 e. The van der Waals surface area contributed by atoms with Gasteiger partial charge in [-0.15, -0.1) is 0 Å². The maximum atomic E-state index is 12.2. The van der Waals surface area contributed by atoms with Gasteiger partial charge in [-0.3, -0.25) is 4.79 Å². The number of alkyl halides is 3. The highest BCUT2D eigenvalue weighted by Crippen LogP contribution is 2.20. The number of benzene rings is 1. The zero-order chi connectivity index (χ0) is 13.2. The minimum Gasteiger partial charge on any atom is -0.334 e. The third-order valence-electron chi connectivity index (χ3n) is 2.49. The Hall–Kier alpha value is -1.52. The fourth-order valence-electron chi connectivity index (χ4n) is 1.57. The lowest BCUT2D eigenvalue weighted by atomic mass is 10.1. The Kier molecular flexibility index (Phi) is 3.80. The van der Waals surface area contributed by atoms with Gasteiger partial charge in [-0.25, -0.2) is 0 Å². The summed E-state index contributed by atoms with van der Waals surface area (Å²) in [6, 6.07) is 5.43. The van der Waals surface area contributed by atoms with Gasteiger partial charge in [-0.1, -0.05) is 23.8 Å². The van der Waals surface area contributed by atoms with Crippen LogP contribution in [0.5, 0.6) is 0 Å². The molecule has 0 radical (unpaired) electrons. The van der Waals surface area contributed by atoms with Gasteiger partial charge in [0, 0.05) is 13.6 Å². The maximum absolute atomic E-state index is 12.2. The Bertz CT molecular complexity index is 426. The van der Waals surface area contributed by atoms with Crippen LogP contribution in [0.2, 0.25) is 0 Å². The van der Waals surface area contributed by atoms with Crippen LogP contribution in [0.15, 0.2) is 18.2 Å². The molecule has 0 saturated heterocycles. The van der Waals surface area contributed by atoms with Gasteiger partial charge in [-0.2, -0.15) is 13.2 Å². The van der Waals surface area contributed by atoms with E-state index in [1.54, 1.807) is 6.07 Å². The van der Waals surface area contributed by atoms with Crippen LogP contribution < -0.4 is 0 Å². The van der Waals surface area contributed by atoms with Crippen molar-refractivity contribution in [2.24, 2.45) is 0 Å². The molecule has 0 spiro atoms. The van der Waals surface area contributed by atoms with Gasteiger partial charge in [0.1, 0.15) is 0 Å². The van der Waals surface area contributed by atoms with E-state index < -0.39 is 12.1 Å². The third-order valence-corrected chi connectivity index (χ3v) is 2.49. The van der Waals surface area contributed by atoms with Crippen molar-refractivity contribution < 1.29 is 18.0 Å². The quantitative estimate of drug-likeness (QED) is 0.784. The molecule has 17 heavy (non-hydrogen) atoms. The lowest BCUT2D eigenvalue weighted by Gasteiger charge is -2.19. The van der Waals surface area contributed by atoms with Crippen molar-refractivity contribution in [1.82, 2.24) is 4.90 Å². The summed E-state index contributed by atoms with van der Waals surface area (Å²) < 4.78 is 36.5. The van der Waals surface area contributed by atoms with Crippen LogP contribution in [0.25, 0.3) is 0 Å². The van der Waals surface area contributed by atoms with Crippen LogP contribution in [-0.2, 0) is 11.3 Å². The van der Waals surface area contributed by atoms with Gasteiger partial charge in [0.2, 0.25) is 0 Å². The van der Waals surface area contributed by atoms with E-state index in [0.717, 1.165) is 23.7 Å². The van der Waals surface area contributed by atoms with Crippen molar-refractivity contribution >= 4 is 5.91 Å². The molecule has 1 rings (SSSR count). The van der Waals surface area contributed by atoms with Crippen LogP contribution >= 0.6 is 0 Å². The molecule has 0 aromatic heterocycles. The standard InChI is InChI=1S/C12H14F3NO/c1-8-4-5-10(9(2)6-8)7-16(3)11(17)12(13,14)15/h4-6H,7H2,1-3H3. The number of carbonyl (C=O) groups excluding carboxylic acids is 1. The van der Waals surface area contributed by atoms with Gasteiger partial charge in [0.05, 0.1) is 0 Å². The molecule has 0 bridgehead atoms. The Morgan fingerprint density at radius 3 is 2.35 bits per heavy atom. The minimum absolute atomic E-state index is 0.0372. The molecule has 1 aromatic carbocycles. The molecule has 5 heteroatoms. The molecule has 0 N–H and O–H groups in total. The summed E-state index contributed by atoms with van der Waals surface area (Å²) in [5.41, 5.74) is 2.64. The first kappa shape index (κ1) is 13.5. The highest BCUT2D eigenvalue weighted by atomic mass is 19.4. The van der Waals surface area contributed by atoms with Crippen molar-refractivity contribution in [2.75, 3.05) is 7.05 Å². The summed E-state index contributed by atoms with van der Waals surface area (Å²) in [5, 5.41) is 0. The number of nitrogens with zero attached hydrogens (tertiary/aromatic N) is 1. The monoisotopic (exact) mass is 245 g/mol. The van der Waals surface area contributed by atoms with Gasteiger partial charge in [0.15, 0.2) is 0 Å². The van der Waals surface area contributed by atoms with Crippen molar-refractivity contribution in [1.29, 1.82) is 0 Å². The molecule has 0 fully saturated rings. The van der Waals surface area contributed by atoms with E-state index in [-0.39, 0.29) is 6.54 Å². The number of amides is 1. The van der Waals surface area contributed by atoms with Gasteiger partial charge in [0.25, 0.3) is 0 Å². The molecule has 0 unspecified atom stereocenters. The second kappa shape index (κ2) is 4.77. The van der Waals surface area contributed by atoms with Crippen molar-refractivity contribution in [3.8, 4) is 0 Å². The Morgan fingerprint density at radius 1 is 1.29 bits per heavy atom. The second-order valence-corrected chi connectivity index (χ2v) is 4.09. The molecular formula is C12H14F3NO. The van der Waals surface area contributed by atoms with Crippen LogP contribution in [0, 0.1) is 13.8 Å². The highest BCUT2D eigenvalue weighted by molar-refractivity contribution is 5.81. The van der Waals surface area contributed by atoms with Crippen molar-refractivity contribution in [3.63, 3.8) is 0 Å². The molecule has 2 nitrogen and oxygen atoms in total. The summed E-state index contributed by atoms with van der Waals surface area (Å²) >= 11 is 0.